The third kappa shape index (κ3) is 5.75. The zero-order valence-corrected chi connectivity index (χ0v) is 28.2. The van der Waals surface area contributed by atoms with Crippen LogP contribution in [0.1, 0.15) is 38.0 Å². The Bertz CT molecular complexity index is 1940. The van der Waals surface area contributed by atoms with Crippen LogP contribution in [-0.4, -0.2) is 86.8 Å². The summed E-state index contributed by atoms with van der Waals surface area (Å²) in [4.78, 5) is 27.7. The molecule has 0 spiro atoms. The molecule has 5 heterocycles. The Kier molecular flexibility index (Phi) is 8.01. The summed E-state index contributed by atoms with van der Waals surface area (Å²) in [5, 5.41) is 16.6. The number of hydrogen-bond acceptors (Lipinski definition) is 9. The van der Waals surface area contributed by atoms with E-state index in [4.69, 9.17) is 36.1 Å². The Morgan fingerprint density at radius 3 is 2.43 bits per heavy atom. The smallest absolute Gasteiger partial charge is 0.337 e. The highest BCUT2D eigenvalue weighted by molar-refractivity contribution is 7.22. The molecule has 0 saturated carbocycles. The largest absolute Gasteiger partial charge is 0.479 e. The Hall–Kier alpha value is -3.61. The van der Waals surface area contributed by atoms with E-state index in [1.54, 1.807) is 0 Å². The summed E-state index contributed by atoms with van der Waals surface area (Å²) in [7, 11) is 1.95. The van der Waals surface area contributed by atoms with Gasteiger partial charge in [0.15, 0.2) is 11.9 Å². The summed E-state index contributed by atoms with van der Waals surface area (Å²) in [5.74, 6) is -0.163. The summed E-state index contributed by atoms with van der Waals surface area (Å²) >= 11 is 7.77. The van der Waals surface area contributed by atoms with Gasteiger partial charge >= 0.3 is 5.97 Å². The highest BCUT2D eigenvalue weighted by Gasteiger charge is 2.33. The lowest BCUT2D eigenvalue weighted by atomic mass is 9.91. The number of thiazole rings is 1. The van der Waals surface area contributed by atoms with Crippen LogP contribution >= 0.6 is 22.9 Å². The standard InChI is InChI=1S/C34H37ClN6O4S/c1-19-16-24-30(27(20-6-8-21(35)9-7-20)26(19)29(33(42)43)45-34(2,3)4)46-32(37-24)23-10-11-25-28(36-23)31(38-39(25)5)41-14-12-40(13-15-41)22-17-44-18-22/h6-11,16,22,29H,12-15,17-18H2,1-5H3,(H,42,43). The molecule has 1 atom stereocenters. The predicted molar refractivity (Wildman–Crippen MR) is 182 cm³/mol. The number of halogens is 1. The molecule has 0 bridgehead atoms. The molecule has 0 aliphatic carbocycles. The molecule has 5 aromatic rings. The lowest BCUT2D eigenvalue weighted by molar-refractivity contribution is -0.160. The predicted octanol–water partition coefficient (Wildman–Crippen LogP) is 6.34. The zero-order chi connectivity index (χ0) is 32.3. The van der Waals surface area contributed by atoms with Gasteiger partial charge in [-0.15, -0.1) is 11.3 Å². The summed E-state index contributed by atoms with van der Waals surface area (Å²) in [5.41, 5.74) is 5.67. The van der Waals surface area contributed by atoms with Crippen molar-refractivity contribution in [1.82, 2.24) is 24.6 Å². The molecule has 2 aliphatic rings. The molecule has 2 fully saturated rings. The number of aromatic nitrogens is 4. The Labute approximate surface area is 276 Å². The molecule has 0 amide bonds. The topological polar surface area (TPSA) is 106 Å². The number of ether oxygens (including phenoxy) is 2. The number of carboxylic acid groups (broad SMARTS) is 1. The van der Waals surface area contributed by atoms with Crippen LogP contribution in [0.4, 0.5) is 5.82 Å². The lowest BCUT2D eigenvalue weighted by Crippen LogP contribution is -2.56. The van der Waals surface area contributed by atoms with Crippen LogP contribution in [-0.2, 0) is 21.3 Å². The van der Waals surface area contributed by atoms with Gasteiger partial charge in [0.1, 0.15) is 10.5 Å². The van der Waals surface area contributed by atoms with Gasteiger partial charge < -0.3 is 19.5 Å². The van der Waals surface area contributed by atoms with Crippen molar-refractivity contribution in [2.45, 2.75) is 45.4 Å². The maximum atomic E-state index is 12.7. The van der Waals surface area contributed by atoms with Gasteiger partial charge in [-0.25, -0.2) is 14.8 Å². The van der Waals surface area contributed by atoms with Gasteiger partial charge in [0.2, 0.25) is 0 Å². The minimum absolute atomic E-state index is 0.527. The van der Waals surface area contributed by atoms with Crippen LogP contribution in [0.3, 0.4) is 0 Å². The van der Waals surface area contributed by atoms with E-state index in [2.05, 4.69) is 15.9 Å². The van der Waals surface area contributed by atoms with Gasteiger partial charge in [0.05, 0.1) is 46.3 Å². The molecule has 2 aromatic carbocycles. The molecule has 240 valence electrons. The van der Waals surface area contributed by atoms with Crippen LogP contribution in [0.25, 0.3) is 43.1 Å². The maximum absolute atomic E-state index is 12.7. The summed E-state index contributed by atoms with van der Waals surface area (Å²) in [6.45, 7) is 12.8. The molecule has 2 saturated heterocycles. The Morgan fingerprint density at radius 2 is 1.80 bits per heavy atom. The third-order valence-corrected chi connectivity index (χ3v) is 10.0. The molecule has 1 N–H and O–H groups in total. The van der Waals surface area contributed by atoms with Crippen molar-refractivity contribution in [3.8, 4) is 21.8 Å². The minimum atomic E-state index is -1.18. The van der Waals surface area contributed by atoms with Gasteiger partial charge in [-0.3, -0.25) is 9.58 Å². The van der Waals surface area contributed by atoms with Gasteiger partial charge in [0, 0.05) is 49.4 Å². The molecule has 7 rings (SSSR count). The second-order valence-electron chi connectivity index (χ2n) is 13.0. The molecule has 1 unspecified atom stereocenters. The molecular weight excluding hydrogens is 624 g/mol. The van der Waals surface area contributed by atoms with E-state index in [1.807, 2.05) is 75.8 Å². The number of rotatable bonds is 7. The molecule has 46 heavy (non-hydrogen) atoms. The first-order valence-electron chi connectivity index (χ1n) is 15.5. The number of aliphatic carboxylic acids is 1. The van der Waals surface area contributed by atoms with Gasteiger partial charge in [-0.05, 0) is 69.2 Å². The number of fused-ring (bicyclic) bond motifs is 2. The van der Waals surface area contributed by atoms with Crippen molar-refractivity contribution in [2.24, 2.45) is 7.05 Å². The van der Waals surface area contributed by atoms with Crippen molar-refractivity contribution in [3.63, 3.8) is 0 Å². The molecule has 0 radical (unpaired) electrons. The second-order valence-corrected chi connectivity index (χ2v) is 14.5. The third-order valence-electron chi connectivity index (χ3n) is 8.67. The van der Waals surface area contributed by atoms with Crippen LogP contribution in [0, 0.1) is 6.92 Å². The van der Waals surface area contributed by atoms with Gasteiger partial charge in [-0.1, -0.05) is 23.7 Å². The van der Waals surface area contributed by atoms with Crippen LogP contribution in [0.5, 0.6) is 0 Å². The lowest BCUT2D eigenvalue weighted by Gasteiger charge is -2.42. The van der Waals surface area contributed by atoms with E-state index in [9.17, 15) is 9.90 Å². The van der Waals surface area contributed by atoms with Crippen molar-refractivity contribution in [1.29, 1.82) is 0 Å². The van der Waals surface area contributed by atoms with Crippen molar-refractivity contribution < 1.29 is 19.4 Å². The molecule has 12 heteroatoms. The summed E-state index contributed by atoms with van der Waals surface area (Å²) < 4.78 is 14.3. The van der Waals surface area contributed by atoms with Gasteiger partial charge in [-0.2, -0.15) is 5.10 Å². The summed E-state index contributed by atoms with van der Waals surface area (Å²) in [6.07, 6.45) is -1.18. The Morgan fingerprint density at radius 1 is 1.09 bits per heavy atom. The average Bonchev–Trinajstić information content (AvgIpc) is 3.55. The van der Waals surface area contributed by atoms with E-state index >= 15 is 0 Å². The van der Waals surface area contributed by atoms with Crippen LogP contribution < -0.4 is 4.90 Å². The van der Waals surface area contributed by atoms with Crippen LogP contribution in [0.15, 0.2) is 42.5 Å². The fraction of sp³-hybridized carbons (Fsp3) is 0.412. The number of carboxylic acids is 1. The van der Waals surface area contributed by atoms with Gasteiger partial charge in [0.25, 0.3) is 0 Å². The number of aryl methyl sites for hydroxylation is 2. The summed E-state index contributed by atoms with van der Waals surface area (Å²) in [6, 6.07) is 14.0. The number of hydrogen-bond donors (Lipinski definition) is 1. The molecule has 3 aromatic heterocycles. The quantitative estimate of drug-likeness (QED) is 0.214. The first kappa shape index (κ1) is 31.0. The molecule has 2 aliphatic heterocycles. The fourth-order valence-corrected chi connectivity index (χ4v) is 7.55. The van der Waals surface area contributed by atoms with E-state index in [0.717, 1.165) is 93.9 Å². The monoisotopic (exact) mass is 660 g/mol. The fourth-order valence-electron chi connectivity index (χ4n) is 6.33. The van der Waals surface area contributed by atoms with E-state index in [0.29, 0.717) is 16.6 Å². The number of carbonyl (C=O) groups is 1. The zero-order valence-electron chi connectivity index (χ0n) is 26.6. The number of pyridine rings is 1. The SMILES string of the molecule is Cc1cc2nc(-c3ccc4c(n3)c(N3CCN(C5COC5)CC3)nn4C)sc2c(-c2ccc(Cl)cc2)c1C(OC(C)(C)C)C(=O)O. The highest BCUT2D eigenvalue weighted by Crippen LogP contribution is 2.44. The second kappa shape index (κ2) is 11.9. The minimum Gasteiger partial charge on any atom is -0.479 e. The van der Waals surface area contributed by atoms with E-state index < -0.39 is 17.7 Å². The number of anilines is 1. The first-order chi connectivity index (χ1) is 22.0. The van der Waals surface area contributed by atoms with Crippen molar-refractivity contribution in [3.05, 3.63) is 58.6 Å². The number of piperazine rings is 1. The van der Waals surface area contributed by atoms with E-state index in [-0.39, 0.29) is 0 Å². The number of nitrogens with zero attached hydrogens (tertiary/aromatic N) is 6. The number of benzene rings is 2. The van der Waals surface area contributed by atoms with Crippen molar-refractivity contribution >= 4 is 56.0 Å². The molecule has 10 nitrogen and oxygen atoms in total. The van der Waals surface area contributed by atoms with E-state index in [1.165, 1.54) is 11.3 Å². The first-order valence-corrected chi connectivity index (χ1v) is 16.7. The Balaban J connectivity index is 1.33. The molecular formula is C34H37ClN6O4S. The van der Waals surface area contributed by atoms with Crippen molar-refractivity contribution in [2.75, 3.05) is 44.3 Å². The average molecular weight is 661 g/mol. The highest BCUT2D eigenvalue weighted by atomic mass is 35.5. The maximum Gasteiger partial charge on any atom is 0.337 e. The van der Waals surface area contributed by atoms with Crippen LogP contribution in [0.2, 0.25) is 5.02 Å². The normalized spacial score (nSPS) is 17.1.